The van der Waals surface area contributed by atoms with Gasteiger partial charge in [-0.3, -0.25) is 4.79 Å². The van der Waals surface area contributed by atoms with Crippen LogP contribution in [0.3, 0.4) is 0 Å². The number of hydrogen-bond donors (Lipinski definition) is 2. The first kappa shape index (κ1) is 22.1. The molecule has 29 heavy (non-hydrogen) atoms. The second-order valence-electron chi connectivity index (χ2n) is 8.17. The first-order valence-corrected chi connectivity index (χ1v) is 12.2. The first-order chi connectivity index (χ1) is 13.9. The number of rotatable bonds is 7. The van der Waals surface area contributed by atoms with Crippen molar-refractivity contribution in [2.45, 2.75) is 50.5 Å². The molecule has 1 aliphatic heterocycles. The van der Waals surface area contributed by atoms with Gasteiger partial charge in [0.25, 0.3) is 5.91 Å². The molecular formula is C21H34N3O4S+. The summed E-state index contributed by atoms with van der Waals surface area (Å²) in [7, 11) is -3.51. The van der Waals surface area contributed by atoms with Gasteiger partial charge in [-0.25, -0.2) is 8.42 Å². The van der Waals surface area contributed by atoms with Gasteiger partial charge in [0.1, 0.15) is 5.75 Å². The maximum Gasteiger partial charge on any atom is 0.275 e. The minimum Gasteiger partial charge on any atom is -0.494 e. The van der Waals surface area contributed by atoms with Crippen molar-refractivity contribution in [3.05, 3.63) is 24.3 Å². The van der Waals surface area contributed by atoms with E-state index in [4.69, 9.17) is 4.74 Å². The summed E-state index contributed by atoms with van der Waals surface area (Å²) in [5.74, 6) is 1.29. The second kappa shape index (κ2) is 9.91. The monoisotopic (exact) mass is 424 g/mol. The SMILES string of the molecule is CCOc1ccc(S(=O)(=O)N2CC[NH+](CC(=O)N[C@H]3CCCC[C@H]3C)CC2)cc1. The van der Waals surface area contributed by atoms with Crippen LogP contribution in [0.5, 0.6) is 5.75 Å². The summed E-state index contributed by atoms with van der Waals surface area (Å²) in [4.78, 5) is 13.9. The average Bonchev–Trinajstić information content (AvgIpc) is 2.71. The van der Waals surface area contributed by atoms with E-state index in [9.17, 15) is 13.2 Å². The Morgan fingerprint density at radius 1 is 1.17 bits per heavy atom. The third-order valence-electron chi connectivity index (χ3n) is 6.07. The predicted octanol–water partition coefficient (Wildman–Crippen LogP) is 0.669. The Labute approximate surface area is 174 Å². The van der Waals surface area contributed by atoms with Crippen LogP contribution in [0, 0.1) is 5.92 Å². The van der Waals surface area contributed by atoms with E-state index in [2.05, 4.69) is 12.2 Å². The molecule has 0 aromatic heterocycles. The lowest BCUT2D eigenvalue weighted by Gasteiger charge is -2.33. The molecule has 0 bridgehead atoms. The van der Waals surface area contributed by atoms with Gasteiger partial charge in [0.05, 0.1) is 37.7 Å². The Morgan fingerprint density at radius 2 is 1.83 bits per heavy atom. The molecule has 1 amide bonds. The normalized spacial score (nSPS) is 24.2. The van der Waals surface area contributed by atoms with Crippen molar-refractivity contribution in [2.75, 3.05) is 39.3 Å². The topological polar surface area (TPSA) is 80.2 Å². The van der Waals surface area contributed by atoms with E-state index in [1.807, 2.05) is 6.92 Å². The van der Waals surface area contributed by atoms with Crippen LogP contribution in [0.15, 0.2) is 29.2 Å². The maximum absolute atomic E-state index is 12.9. The van der Waals surface area contributed by atoms with E-state index in [-0.39, 0.29) is 16.8 Å². The van der Waals surface area contributed by atoms with E-state index in [0.717, 1.165) is 11.3 Å². The number of piperazine rings is 1. The van der Waals surface area contributed by atoms with Gasteiger partial charge in [-0.2, -0.15) is 4.31 Å². The Balaban J connectivity index is 1.49. The van der Waals surface area contributed by atoms with Crippen molar-refractivity contribution in [2.24, 2.45) is 5.92 Å². The molecule has 0 radical (unpaired) electrons. The van der Waals surface area contributed by atoms with Gasteiger partial charge >= 0.3 is 0 Å². The Hall–Kier alpha value is -1.64. The lowest BCUT2D eigenvalue weighted by Crippen LogP contribution is -3.15. The number of ether oxygens (including phenoxy) is 1. The number of hydrogen-bond acceptors (Lipinski definition) is 4. The zero-order valence-electron chi connectivity index (χ0n) is 17.5. The maximum atomic E-state index is 12.9. The van der Waals surface area contributed by atoms with Crippen LogP contribution in [0.1, 0.15) is 39.5 Å². The molecule has 7 nitrogen and oxygen atoms in total. The number of sulfonamides is 1. The number of carbonyl (C=O) groups excluding carboxylic acids is 1. The van der Waals surface area contributed by atoms with E-state index < -0.39 is 10.0 Å². The molecule has 2 fully saturated rings. The van der Waals surface area contributed by atoms with E-state index >= 15 is 0 Å². The second-order valence-corrected chi connectivity index (χ2v) is 10.1. The third kappa shape index (κ3) is 5.71. The Bertz CT molecular complexity index is 774. The standard InChI is InChI=1S/C21H33N3O4S/c1-3-28-18-8-10-19(11-9-18)29(26,27)24-14-12-23(13-15-24)16-21(25)22-20-7-5-4-6-17(20)2/h8-11,17,20H,3-7,12-16H2,1-2H3,(H,22,25)/p+1/t17-,20+/m1/s1. The van der Waals surface area contributed by atoms with E-state index in [1.54, 1.807) is 24.3 Å². The minimum absolute atomic E-state index is 0.0848. The molecule has 1 aliphatic carbocycles. The average molecular weight is 425 g/mol. The van der Waals surface area contributed by atoms with E-state index in [1.165, 1.54) is 23.6 Å². The summed E-state index contributed by atoms with van der Waals surface area (Å²) < 4.78 is 32.7. The highest BCUT2D eigenvalue weighted by atomic mass is 32.2. The smallest absolute Gasteiger partial charge is 0.275 e. The van der Waals surface area contributed by atoms with Crippen LogP contribution >= 0.6 is 0 Å². The number of nitrogens with one attached hydrogen (secondary N) is 2. The zero-order valence-corrected chi connectivity index (χ0v) is 18.3. The van der Waals surface area contributed by atoms with Crippen LogP contribution in [0.25, 0.3) is 0 Å². The van der Waals surface area contributed by atoms with Crippen molar-refractivity contribution in [3.63, 3.8) is 0 Å². The molecule has 1 heterocycles. The first-order valence-electron chi connectivity index (χ1n) is 10.8. The highest BCUT2D eigenvalue weighted by molar-refractivity contribution is 7.89. The molecule has 2 N–H and O–H groups in total. The zero-order chi connectivity index (χ0) is 20.9. The summed E-state index contributed by atoms with van der Waals surface area (Å²) in [6.07, 6.45) is 4.68. The molecule has 2 atom stereocenters. The summed E-state index contributed by atoms with van der Waals surface area (Å²) in [6, 6.07) is 6.86. The van der Waals surface area contributed by atoms with Gasteiger partial charge in [-0.1, -0.05) is 19.8 Å². The molecule has 0 spiro atoms. The van der Waals surface area contributed by atoms with Crippen molar-refractivity contribution >= 4 is 15.9 Å². The van der Waals surface area contributed by atoms with Crippen molar-refractivity contribution in [1.82, 2.24) is 9.62 Å². The quantitative estimate of drug-likeness (QED) is 0.674. The number of amides is 1. The van der Waals surface area contributed by atoms with Crippen molar-refractivity contribution < 1.29 is 22.8 Å². The molecule has 1 aromatic rings. The largest absolute Gasteiger partial charge is 0.494 e. The lowest BCUT2D eigenvalue weighted by molar-refractivity contribution is -0.895. The fraction of sp³-hybridized carbons (Fsp3) is 0.667. The van der Waals surface area contributed by atoms with Crippen LogP contribution < -0.4 is 15.0 Å². The minimum atomic E-state index is -3.51. The highest BCUT2D eigenvalue weighted by Crippen LogP contribution is 2.23. The third-order valence-corrected chi connectivity index (χ3v) is 7.98. The lowest BCUT2D eigenvalue weighted by atomic mass is 9.86. The Morgan fingerprint density at radius 3 is 2.45 bits per heavy atom. The number of carbonyl (C=O) groups is 1. The molecule has 3 rings (SSSR count). The number of quaternary nitrogens is 1. The predicted molar refractivity (Wildman–Crippen MR) is 111 cm³/mol. The van der Waals surface area contributed by atoms with E-state index in [0.29, 0.717) is 51.0 Å². The summed E-state index contributed by atoms with van der Waals surface area (Å²) in [5.41, 5.74) is 0. The van der Waals surface area contributed by atoms with Gasteiger partial charge in [0.15, 0.2) is 6.54 Å². The molecule has 162 valence electrons. The van der Waals surface area contributed by atoms with Gasteiger partial charge in [0, 0.05) is 6.04 Å². The van der Waals surface area contributed by atoms with Crippen LogP contribution in [-0.4, -0.2) is 64.0 Å². The molecule has 1 saturated heterocycles. The van der Waals surface area contributed by atoms with Crippen LogP contribution in [-0.2, 0) is 14.8 Å². The molecular weight excluding hydrogens is 390 g/mol. The van der Waals surface area contributed by atoms with Gasteiger partial charge in [-0.05, 0) is 49.9 Å². The van der Waals surface area contributed by atoms with Crippen LogP contribution in [0.4, 0.5) is 0 Å². The molecule has 0 unspecified atom stereocenters. The van der Waals surface area contributed by atoms with Gasteiger partial charge < -0.3 is 15.0 Å². The summed E-state index contributed by atoms with van der Waals surface area (Å²) >= 11 is 0. The summed E-state index contributed by atoms with van der Waals surface area (Å²) in [6.45, 7) is 7.21. The van der Waals surface area contributed by atoms with Crippen molar-refractivity contribution in [3.8, 4) is 5.75 Å². The van der Waals surface area contributed by atoms with Gasteiger partial charge in [-0.15, -0.1) is 0 Å². The summed E-state index contributed by atoms with van der Waals surface area (Å²) in [5, 5.41) is 3.20. The van der Waals surface area contributed by atoms with Crippen molar-refractivity contribution in [1.29, 1.82) is 0 Å². The number of benzene rings is 1. The fourth-order valence-electron chi connectivity index (χ4n) is 4.26. The van der Waals surface area contributed by atoms with Crippen LogP contribution in [0.2, 0.25) is 0 Å². The fourth-order valence-corrected chi connectivity index (χ4v) is 5.70. The highest BCUT2D eigenvalue weighted by Gasteiger charge is 2.32. The molecule has 1 aromatic carbocycles. The Kier molecular flexibility index (Phi) is 7.54. The molecule has 2 aliphatic rings. The molecule has 8 heteroatoms. The molecule has 1 saturated carbocycles. The number of nitrogens with zero attached hydrogens (tertiary/aromatic N) is 1. The van der Waals surface area contributed by atoms with Gasteiger partial charge in [0.2, 0.25) is 10.0 Å².